The number of aromatic amines is 1. The Kier molecular flexibility index (Phi) is 2.69. The number of aromatic nitrogens is 2. The molecule has 2 N–H and O–H groups in total. The molecule has 2 aliphatic heterocycles. The van der Waals surface area contributed by atoms with Crippen LogP contribution in [0.25, 0.3) is 0 Å². The van der Waals surface area contributed by atoms with E-state index in [-0.39, 0.29) is 0 Å². The molecule has 2 saturated heterocycles. The Morgan fingerprint density at radius 1 is 1.50 bits per heavy atom. The number of hydrogen-bond acceptors (Lipinski definition) is 3. The van der Waals surface area contributed by atoms with Crippen LogP contribution in [0.2, 0.25) is 0 Å². The highest BCUT2D eigenvalue weighted by Crippen LogP contribution is 2.29. The largest absolute Gasteiger partial charge is 0.306 e. The summed E-state index contributed by atoms with van der Waals surface area (Å²) in [7, 11) is 0. The van der Waals surface area contributed by atoms with Crippen molar-refractivity contribution in [2.75, 3.05) is 13.1 Å². The van der Waals surface area contributed by atoms with Crippen LogP contribution in [-0.4, -0.2) is 40.3 Å². The second kappa shape index (κ2) is 4.18. The van der Waals surface area contributed by atoms with Gasteiger partial charge in [-0.1, -0.05) is 0 Å². The van der Waals surface area contributed by atoms with E-state index in [0.717, 1.165) is 6.04 Å². The van der Waals surface area contributed by atoms with Crippen molar-refractivity contribution in [3.8, 4) is 0 Å². The molecule has 0 radical (unpaired) electrons. The molecule has 0 spiro atoms. The highest BCUT2D eigenvalue weighted by molar-refractivity contribution is 5.09. The summed E-state index contributed by atoms with van der Waals surface area (Å²) in [6.07, 6.45) is 7.95. The molecule has 88 valence electrons. The summed E-state index contributed by atoms with van der Waals surface area (Å²) in [6.45, 7) is 4.81. The second-order valence-electron chi connectivity index (χ2n) is 5.06. The quantitative estimate of drug-likeness (QED) is 0.807. The lowest BCUT2D eigenvalue weighted by atomic mass is 10.0. The van der Waals surface area contributed by atoms with Gasteiger partial charge in [-0.2, -0.15) is 5.10 Å². The van der Waals surface area contributed by atoms with Crippen LogP contribution >= 0.6 is 0 Å². The van der Waals surface area contributed by atoms with Crippen molar-refractivity contribution in [1.29, 1.82) is 0 Å². The smallest absolute Gasteiger partial charge is 0.0534 e. The van der Waals surface area contributed by atoms with Gasteiger partial charge >= 0.3 is 0 Å². The Hall–Kier alpha value is -0.870. The van der Waals surface area contributed by atoms with Crippen molar-refractivity contribution in [2.45, 2.75) is 44.3 Å². The van der Waals surface area contributed by atoms with Crippen LogP contribution in [0, 0.1) is 0 Å². The van der Waals surface area contributed by atoms with E-state index in [4.69, 9.17) is 0 Å². The highest BCUT2D eigenvalue weighted by atomic mass is 15.2. The van der Waals surface area contributed by atoms with E-state index in [1.54, 1.807) is 0 Å². The van der Waals surface area contributed by atoms with Crippen molar-refractivity contribution in [1.82, 2.24) is 20.4 Å². The first-order chi connectivity index (χ1) is 7.84. The molecule has 1 aromatic heterocycles. The lowest BCUT2D eigenvalue weighted by Crippen LogP contribution is -2.40. The molecule has 4 nitrogen and oxygen atoms in total. The molecule has 0 aromatic carbocycles. The zero-order valence-corrected chi connectivity index (χ0v) is 9.82. The fourth-order valence-electron chi connectivity index (χ4n) is 3.19. The monoisotopic (exact) mass is 220 g/mol. The maximum Gasteiger partial charge on any atom is 0.0534 e. The van der Waals surface area contributed by atoms with E-state index in [9.17, 15) is 0 Å². The van der Waals surface area contributed by atoms with Gasteiger partial charge in [0.1, 0.15) is 0 Å². The van der Waals surface area contributed by atoms with Gasteiger partial charge in [0.05, 0.1) is 6.20 Å². The summed E-state index contributed by atoms with van der Waals surface area (Å²) in [5, 5.41) is 10.6. The molecule has 3 unspecified atom stereocenters. The standard InChI is InChI=1S/C12H20N4/c1-9(10-7-13-14-8-10)15-11-4-6-16-5-2-3-12(11)16/h7-9,11-12,15H,2-6H2,1H3,(H,13,14). The molecule has 2 aliphatic rings. The Bertz CT molecular complexity index is 335. The Morgan fingerprint density at radius 2 is 2.44 bits per heavy atom. The van der Waals surface area contributed by atoms with E-state index < -0.39 is 0 Å². The molecular weight excluding hydrogens is 200 g/mol. The van der Waals surface area contributed by atoms with Crippen LogP contribution in [0.15, 0.2) is 12.4 Å². The molecule has 3 atom stereocenters. The summed E-state index contributed by atoms with van der Waals surface area (Å²) in [5.41, 5.74) is 1.26. The summed E-state index contributed by atoms with van der Waals surface area (Å²) < 4.78 is 0. The van der Waals surface area contributed by atoms with Crippen LogP contribution in [0.4, 0.5) is 0 Å². The molecule has 0 amide bonds. The topological polar surface area (TPSA) is 44.0 Å². The maximum absolute atomic E-state index is 4.01. The minimum atomic E-state index is 0.407. The van der Waals surface area contributed by atoms with Gasteiger partial charge in [-0.3, -0.25) is 10.00 Å². The first-order valence-corrected chi connectivity index (χ1v) is 6.33. The molecule has 0 saturated carbocycles. The van der Waals surface area contributed by atoms with E-state index in [0.29, 0.717) is 12.1 Å². The Labute approximate surface area is 96.4 Å². The zero-order chi connectivity index (χ0) is 11.0. The third kappa shape index (κ3) is 1.76. The minimum absolute atomic E-state index is 0.407. The van der Waals surface area contributed by atoms with Crippen molar-refractivity contribution in [3.63, 3.8) is 0 Å². The van der Waals surface area contributed by atoms with Crippen molar-refractivity contribution in [3.05, 3.63) is 18.0 Å². The van der Waals surface area contributed by atoms with Crippen molar-refractivity contribution < 1.29 is 0 Å². The summed E-state index contributed by atoms with van der Waals surface area (Å²) in [4.78, 5) is 2.64. The molecule has 0 aliphatic carbocycles. The molecule has 2 fully saturated rings. The first-order valence-electron chi connectivity index (χ1n) is 6.33. The number of nitrogens with one attached hydrogen (secondary N) is 2. The third-order valence-electron chi connectivity index (χ3n) is 4.09. The predicted octanol–water partition coefficient (Wildman–Crippen LogP) is 1.30. The molecule has 0 bridgehead atoms. The zero-order valence-electron chi connectivity index (χ0n) is 9.82. The van der Waals surface area contributed by atoms with Gasteiger partial charge in [-0.25, -0.2) is 0 Å². The van der Waals surface area contributed by atoms with Crippen LogP contribution in [0.5, 0.6) is 0 Å². The Morgan fingerprint density at radius 3 is 3.25 bits per heavy atom. The van der Waals surface area contributed by atoms with E-state index >= 15 is 0 Å². The molecule has 1 aromatic rings. The van der Waals surface area contributed by atoms with Gasteiger partial charge in [0.25, 0.3) is 0 Å². The number of hydrogen-bond donors (Lipinski definition) is 2. The van der Waals surface area contributed by atoms with Crippen LogP contribution in [0.1, 0.15) is 37.8 Å². The first kappa shape index (κ1) is 10.3. The minimum Gasteiger partial charge on any atom is -0.306 e. The average molecular weight is 220 g/mol. The van der Waals surface area contributed by atoms with E-state index in [2.05, 4.69) is 27.3 Å². The van der Waals surface area contributed by atoms with Crippen molar-refractivity contribution >= 4 is 0 Å². The van der Waals surface area contributed by atoms with Crippen LogP contribution < -0.4 is 5.32 Å². The van der Waals surface area contributed by atoms with Gasteiger partial charge in [0.15, 0.2) is 0 Å². The maximum atomic E-state index is 4.01. The molecule has 3 rings (SSSR count). The summed E-state index contributed by atoms with van der Waals surface area (Å²) in [5.74, 6) is 0. The van der Waals surface area contributed by atoms with E-state index in [1.165, 1.54) is 37.9 Å². The lowest BCUT2D eigenvalue weighted by molar-refractivity contribution is 0.291. The second-order valence-corrected chi connectivity index (χ2v) is 5.06. The summed E-state index contributed by atoms with van der Waals surface area (Å²) >= 11 is 0. The van der Waals surface area contributed by atoms with Crippen LogP contribution in [-0.2, 0) is 0 Å². The van der Waals surface area contributed by atoms with Crippen molar-refractivity contribution in [2.24, 2.45) is 0 Å². The van der Waals surface area contributed by atoms with E-state index in [1.807, 2.05) is 12.4 Å². The van der Waals surface area contributed by atoms with Gasteiger partial charge in [-0.05, 0) is 32.7 Å². The number of rotatable bonds is 3. The molecule has 4 heteroatoms. The van der Waals surface area contributed by atoms with Crippen LogP contribution in [0.3, 0.4) is 0 Å². The predicted molar refractivity (Wildman–Crippen MR) is 63.1 cm³/mol. The number of H-pyrrole nitrogens is 1. The number of nitrogens with zero attached hydrogens (tertiary/aromatic N) is 2. The molecule has 16 heavy (non-hydrogen) atoms. The van der Waals surface area contributed by atoms with Gasteiger partial charge < -0.3 is 5.32 Å². The third-order valence-corrected chi connectivity index (χ3v) is 4.09. The van der Waals surface area contributed by atoms with Gasteiger partial charge in [-0.15, -0.1) is 0 Å². The summed E-state index contributed by atoms with van der Waals surface area (Å²) in [6, 6.07) is 1.87. The number of fused-ring (bicyclic) bond motifs is 1. The average Bonchev–Trinajstić information content (AvgIpc) is 2.94. The fourth-order valence-corrected chi connectivity index (χ4v) is 3.19. The molecular formula is C12H20N4. The normalized spacial score (nSPS) is 31.8. The van der Waals surface area contributed by atoms with Gasteiger partial charge in [0, 0.05) is 36.4 Å². The SMILES string of the molecule is CC(NC1CCN2CCCC12)c1cn[nH]c1. The highest BCUT2D eigenvalue weighted by Gasteiger charge is 2.37. The molecule has 3 heterocycles. The fraction of sp³-hybridized carbons (Fsp3) is 0.750. The lowest BCUT2D eigenvalue weighted by Gasteiger charge is -2.24. The van der Waals surface area contributed by atoms with Gasteiger partial charge in [0.2, 0.25) is 0 Å². The Balaban J connectivity index is 1.62.